The molecule has 3 heteroatoms. The van der Waals surface area contributed by atoms with Crippen LogP contribution in [0.25, 0.3) is 11.1 Å². The highest BCUT2D eigenvalue weighted by Gasteiger charge is 2.55. The Balaban J connectivity index is 1.90. The van der Waals surface area contributed by atoms with E-state index >= 15 is 0 Å². The molecule has 1 atom stereocenters. The second-order valence-corrected chi connectivity index (χ2v) is 7.61. The van der Waals surface area contributed by atoms with Gasteiger partial charge in [-0.3, -0.25) is 5.01 Å². The van der Waals surface area contributed by atoms with Crippen molar-refractivity contribution in [2.45, 2.75) is 45.3 Å². The Kier molecular flexibility index (Phi) is 2.27. The molecule has 0 N–H and O–H groups in total. The van der Waals surface area contributed by atoms with Gasteiger partial charge in [0.15, 0.2) is 5.84 Å². The number of rotatable bonds is 1. The van der Waals surface area contributed by atoms with Gasteiger partial charge in [-0.15, -0.1) is 0 Å². The maximum atomic E-state index is 5.05. The summed E-state index contributed by atoms with van der Waals surface area (Å²) in [4.78, 5) is 2.48. The van der Waals surface area contributed by atoms with Crippen LogP contribution in [0.2, 0.25) is 0 Å². The van der Waals surface area contributed by atoms with Gasteiger partial charge >= 0.3 is 0 Å². The highest BCUT2D eigenvalue weighted by atomic mass is 15.6. The average molecular weight is 303 g/mol. The first-order chi connectivity index (χ1) is 11.0. The summed E-state index contributed by atoms with van der Waals surface area (Å²) in [6, 6.07) is 15.8. The fourth-order valence-corrected chi connectivity index (χ4v) is 4.50. The normalized spacial score (nSPS) is 22.3. The molecule has 23 heavy (non-hydrogen) atoms. The maximum Gasteiger partial charge on any atom is 0.162 e. The van der Waals surface area contributed by atoms with Crippen LogP contribution in [0.1, 0.15) is 38.8 Å². The van der Waals surface area contributed by atoms with Crippen LogP contribution in [0.4, 0.5) is 5.69 Å². The van der Waals surface area contributed by atoms with E-state index in [0.717, 1.165) is 5.84 Å². The third-order valence-electron chi connectivity index (χ3n) is 5.54. The molecule has 0 amide bonds. The van der Waals surface area contributed by atoms with E-state index in [-0.39, 0.29) is 11.6 Å². The molecule has 5 rings (SSSR count). The van der Waals surface area contributed by atoms with E-state index in [0.29, 0.717) is 6.04 Å². The van der Waals surface area contributed by atoms with Gasteiger partial charge < -0.3 is 4.90 Å². The zero-order valence-corrected chi connectivity index (χ0v) is 14.0. The van der Waals surface area contributed by atoms with Crippen LogP contribution >= 0.6 is 0 Å². The Morgan fingerprint density at radius 2 is 1.65 bits per heavy atom. The van der Waals surface area contributed by atoms with Gasteiger partial charge in [-0.25, -0.2) is 0 Å². The van der Waals surface area contributed by atoms with Gasteiger partial charge in [0.05, 0.1) is 5.69 Å². The second kappa shape index (κ2) is 3.97. The van der Waals surface area contributed by atoms with Crippen molar-refractivity contribution in [2.24, 2.45) is 5.10 Å². The lowest BCUT2D eigenvalue weighted by atomic mass is 9.82. The van der Waals surface area contributed by atoms with Gasteiger partial charge in [0.25, 0.3) is 0 Å². The van der Waals surface area contributed by atoms with Gasteiger partial charge in [0.2, 0.25) is 0 Å². The van der Waals surface area contributed by atoms with E-state index in [1.807, 2.05) is 0 Å². The van der Waals surface area contributed by atoms with E-state index in [1.54, 1.807) is 0 Å². The van der Waals surface area contributed by atoms with Crippen molar-refractivity contribution in [1.29, 1.82) is 0 Å². The van der Waals surface area contributed by atoms with Crippen molar-refractivity contribution in [1.82, 2.24) is 5.01 Å². The largest absolute Gasteiger partial charge is 0.300 e. The summed E-state index contributed by atoms with van der Waals surface area (Å²) in [7, 11) is 0. The first kappa shape index (κ1) is 13.2. The summed E-state index contributed by atoms with van der Waals surface area (Å²) in [5.74, 6) is 1.12. The van der Waals surface area contributed by atoms with Crippen molar-refractivity contribution in [3.05, 3.63) is 53.6 Å². The van der Waals surface area contributed by atoms with Crippen molar-refractivity contribution < 1.29 is 0 Å². The lowest BCUT2D eigenvalue weighted by molar-refractivity contribution is 0.136. The predicted molar refractivity (Wildman–Crippen MR) is 94.7 cm³/mol. The highest BCUT2D eigenvalue weighted by molar-refractivity contribution is 6.21. The van der Waals surface area contributed by atoms with Gasteiger partial charge in [-0.05, 0) is 25.0 Å². The number of fused-ring (bicyclic) bond motifs is 3. The first-order valence-electron chi connectivity index (χ1n) is 8.41. The molecule has 0 fully saturated rings. The summed E-state index contributed by atoms with van der Waals surface area (Å²) < 4.78 is 0. The number of hydrazone groups is 1. The molecule has 3 heterocycles. The first-order valence-corrected chi connectivity index (χ1v) is 8.41. The maximum absolute atomic E-state index is 5.05. The predicted octanol–water partition coefficient (Wildman–Crippen LogP) is 4.18. The molecule has 0 aliphatic carbocycles. The standard InChI is InChI=1S/C20H21N3/c1-12(2)23-19-20(3,4)16-11-7-10-14-13-8-5-6-9-15(13)18(21-23)22(19)17(14)16/h5-12,19H,1-4H3. The topological polar surface area (TPSA) is 18.8 Å². The number of benzene rings is 2. The van der Waals surface area contributed by atoms with Crippen LogP contribution in [0.5, 0.6) is 0 Å². The molecule has 2 aromatic rings. The number of para-hydroxylation sites is 1. The SMILES string of the molecule is CC(C)N1N=C2c3ccccc3-c3cccc4c3N2C1C4(C)C. The zero-order chi connectivity index (χ0) is 15.9. The third-order valence-corrected chi connectivity index (χ3v) is 5.54. The average Bonchev–Trinajstić information content (AvgIpc) is 3.05. The highest BCUT2D eigenvalue weighted by Crippen LogP contribution is 2.56. The molecule has 0 saturated heterocycles. The van der Waals surface area contributed by atoms with Crippen LogP contribution < -0.4 is 4.90 Å². The van der Waals surface area contributed by atoms with E-state index in [4.69, 9.17) is 5.10 Å². The molecule has 1 unspecified atom stereocenters. The van der Waals surface area contributed by atoms with Gasteiger partial charge in [0.1, 0.15) is 6.17 Å². The van der Waals surface area contributed by atoms with Crippen LogP contribution in [-0.2, 0) is 5.41 Å². The fraction of sp³-hybridized carbons (Fsp3) is 0.350. The minimum Gasteiger partial charge on any atom is -0.300 e. The molecule has 0 saturated carbocycles. The van der Waals surface area contributed by atoms with Crippen molar-refractivity contribution in [3.8, 4) is 11.1 Å². The smallest absolute Gasteiger partial charge is 0.162 e. The molecule has 0 radical (unpaired) electrons. The lowest BCUT2D eigenvalue weighted by Crippen LogP contribution is -2.50. The molecule has 3 aliphatic rings. The minimum absolute atomic E-state index is 0.0445. The van der Waals surface area contributed by atoms with Crippen LogP contribution in [0, 0.1) is 0 Å². The van der Waals surface area contributed by atoms with Gasteiger partial charge in [-0.1, -0.05) is 56.3 Å². The Hall–Kier alpha value is -2.29. The van der Waals surface area contributed by atoms with Crippen LogP contribution in [0.3, 0.4) is 0 Å². The van der Waals surface area contributed by atoms with Crippen LogP contribution in [0.15, 0.2) is 47.6 Å². The lowest BCUT2D eigenvalue weighted by Gasteiger charge is -2.37. The zero-order valence-electron chi connectivity index (χ0n) is 14.0. The van der Waals surface area contributed by atoms with Gasteiger partial charge in [-0.2, -0.15) is 5.10 Å². The molecule has 3 nitrogen and oxygen atoms in total. The van der Waals surface area contributed by atoms with E-state index in [2.05, 4.69) is 80.1 Å². The molecule has 0 aromatic heterocycles. The van der Waals surface area contributed by atoms with E-state index in [1.165, 1.54) is 27.9 Å². The quantitative estimate of drug-likeness (QED) is 0.787. The molecule has 0 bridgehead atoms. The Bertz CT molecular complexity index is 863. The van der Waals surface area contributed by atoms with Gasteiger partial charge in [0, 0.05) is 22.6 Å². The summed E-state index contributed by atoms with van der Waals surface area (Å²) in [6.45, 7) is 9.16. The van der Waals surface area contributed by atoms with Crippen molar-refractivity contribution in [3.63, 3.8) is 0 Å². The number of anilines is 1. The number of hydrogen-bond donors (Lipinski definition) is 0. The number of hydrogen-bond acceptors (Lipinski definition) is 3. The van der Waals surface area contributed by atoms with Crippen LogP contribution in [-0.4, -0.2) is 23.1 Å². The molecular weight excluding hydrogens is 282 g/mol. The summed E-state index contributed by atoms with van der Waals surface area (Å²) >= 11 is 0. The number of amidine groups is 1. The summed E-state index contributed by atoms with van der Waals surface area (Å²) in [6.07, 6.45) is 0.266. The van der Waals surface area contributed by atoms with E-state index in [9.17, 15) is 0 Å². The van der Waals surface area contributed by atoms with Crippen molar-refractivity contribution >= 4 is 11.5 Å². The summed E-state index contributed by atoms with van der Waals surface area (Å²) in [5.41, 5.74) is 6.75. The Labute approximate surface area is 137 Å². The number of nitrogens with zero attached hydrogens (tertiary/aromatic N) is 3. The van der Waals surface area contributed by atoms with Crippen molar-refractivity contribution in [2.75, 3.05) is 4.90 Å². The molecule has 0 spiro atoms. The Morgan fingerprint density at radius 1 is 0.957 bits per heavy atom. The Morgan fingerprint density at radius 3 is 2.39 bits per heavy atom. The summed E-state index contributed by atoms with van der Waals surface area (Å²) in [5, 5.41) is 7.34. The third kappa shape index (κ3) is 1.39. The monoisotopic (exact) mass is 303 g/mol. The van der Waals surface area contributed by atoms with E-state index < -0.39 is 0 Å². The molecular formula is C20H21N3. The molecule has 116 valence electrons. The molecule has 2 aromatic carbocycles. The molecule has 3 aliphatic heterocycles. The minimum atomic E-state index is 0.0445. The second-order valence-electron chi connectivity index (χ2n) is 7.61. The fourth-order valence-electron chi connectivity index (χ4n) is 4.50.